The highest BCUT2D eigenvalue weighted by atomic mass is 16.5. The number of aromatic nitrogens is 2. The number of hydrogen-bond donors (Lipinski definition) is 0. The molecule has 0 saturated heterocycles. The highest BCUT2D eigenvalue weighted by molar-refractivity contribution is 5.64. The molecule has 0 N–H and O–H groups in total. The van der Waals surface area contributed by atoms with Gasteiger partial charge in [-0.05, 0) is 54.8 Å². The van der Waals surface area contributed by atoms with Crippen molar-refractivity contribution in [2.75, 3.05) is 0 Å². The van der Waals surface area contributed by atoms with Crippen molar-refractivity contribution in [1.29, 1.82) is 0 Å². The second-order valence-corrected chi connectivity index (χ2v) is 6.70. The number of hydrogen-bond acceptors (Lipinski definition) is 3. The second-order valence-electron chi connectivity index (χ2n) is 6.70. The number of rotatable bonds is 4. The van der Waals surface area contributed by atoms with Crippen molar-refractivity contribution in [2.24, 2.45) is 0 Å². The molecule has 2 aromatic carbocycles. The fourth-order valence-corrected chi connectivity index (χ4v) is 2.97. The lowest BCUT2D eigenvalue weighted by molar-refractivity contribution is 0.301. The van der Waals surface area contributed by atoms with Crippen LogP contribution < -0.4 is 10.3 Å². The number of benzene rings is 2. The van der Waals surface area contributed by atoms with E-state index in [-0.39, 0.29) is 12.2 Å². The smallest absolute Gasteiger partial charge is 0.258 e. The maximum Gasteiger partial charge on any atom is 0.258 e. The molecule has 0 spiro atoms. The average Bonchev–Trinajstić information content (AvgIpc) is 2.67. The van der Waals surface area contributed by atoms with Gasteiger partial charge in [0.05, 0.1) is 5.69 Å². The lowest BCUT2D eigenvalue weighted by atomic mass is 10.0. The molecule has 0 atom stereocenters. The van der Waals surface area contributed by atoms with E-state index in [0.29, 0.717) is 11.3 Å². The van der Waals surface area contributed by atoms with Crippen LogP contribution in [0.25, 0.3) is 16.8 Å². The van der Waals surface area contributed by atoms with Crippen LogP contribution in [-0.2, 0) is 6.61 Å². The molecular formula is C23H20N2O2. The first-order valence-electron chi connectivity index (χ1n) is 8.87. The fraction of sp³-hybridized carbons (Fsp3) is 0.130. The molecule has 4 aromatic rings. The Labute approximate surface area is 157 Å². The van der Waals surface area contributed by atoms with Gasteiger partial charge >= 0.3 is 0 Å². The summed E-state index contributed by atoms with van der Waals surface area (Å²) in [6, 6.07) is 21.7. The highest BCUT2D eigenvalue weighted by Gasteiger charge is 2.04. The lowest BCUT2D eigenvalue weighted by Gasteiger charge is -2.08. The van der Waals surface area contributed by atoms with E-state index in [1.807, 2.05) is 43.3 Å². The van der Waals surface area contributed by atoms with Gasteiger partial charge in [-0.25, -0.2) is 4.98 Å². The first-order chi connectivity index (χ1) is 13.1. The van der Waals surface area contributed by atoms with Crippen molar-refractivity contribution in [1.82, 2.24) is 9.38 Å². The van der Waals surface area contributed by atoms with Gasteiger partial charge in [-0.3, -0.25) is 9.20 Å². The Morgan fingerprint density at radius 1 is 0.852 bits per heavy atom. The molecule has 2 aromatic heterocycles. The zero-order valence-electron chi connectivity index (χ0n) is 15.3. The molecule has 0 aliphatic rings. The van der Waals surface area contributed by atoms with Gasteiger partial charge in [-0.2, -0.15) is 0 Å². The molecule has 0 fully saturated rings. The van der Waals surface area contributed by atoms with Gasteiger partial charge in [0.1, 0.15) is 18.0 Å². The van der Waals surface area contributed by atoms with E-state index >= 15 is 0 Å². The third kappa shape index (κ3) is 3.75. The average molecular weight is 356 g/mol. The van der Waals surface area contributed by atoms with Crippen LogP contribution in [0.2, 0.25) is 0 Å². The van der Waals surface area contributed by atoms with Crippen molar-refractivity contribution in [3.8, 4) is 16.9 Å². The Balaban J connectivity index is 1.51. The molecule has 4 heteroatoms. The summed E-state index contributed by atoms with van der Waals surface area (Å²) in [5.74, 6) is 0.747. The van der Waals surface area contributed by atoms with E-state index in [1.54, 1.807) is 6.20 Å². The minimum absolute atomic E-state index is 0.103. The third-order valence-electron chi connectivity index (χ3n) is 4.50. The van der Waals surface area contributed by atoms with E-state index in [9.17, 15) is 4.79 Å². The lowest BCUT2D eigenvalue weighted by Crippen LogP contribution is -2.16. The monoisotopic (exact) mass is 356 g/mol. The van der Waals surface area contributed by atoms with Gasteiger partial charge in [0.15, 0.2) is 0 Å². The topological polar surface area (TPSA) is 43.6 Å². The Morgan fingerprint density at radius 3 is 2.22 bits per heavy atom. The van der Waals surface area contributed by atoms with Gasteiger partial charge in [-0.1, -0.05) is 42.0 Å². The molecule has 4 rings (SSSR count). The van der Waals surface area contributed by atoms with E-state index in [0.717, 1.165) is 16.9 Å². The SMILES string of the molecule is Cc1ccc(-c2ccc(OCc3cc(=O)n4ccc(C)cc4n3)cc2)cc1. The molecule has 0 aliphatic carbocycles. The van der Waals surface area contributed by atoms with E-state index < -0.39 is 0 Å². The van der Waals surface area contributed by atoms with Crippen molar-refractivity contribution in [3.05, 3.63) is 100 Å². The van der Waals surface area contributed by atoms with E-state index in [4.69, 9.17) is 4.74 Å². The Bertz CT molecular complexity index is 1140. The molecule has 0 unspecified atom stereocenters. The summed E-state index contributed by atoms with van der Waals surface area (Å²) >= 11 is 0. The zero-order chi connectivity index (χ0) is 18.8. The van der Waals surface area contributed by atoms with Gasteiger partial charge in [0.2, 0.25) is 0 Å². The fourth-order valence-electron chi connectivity index (χ4n) is 2.97. The van der Waals surface area contributed by atoms with Crippen LogP contribution in [-0.4, -0.2) is 9.38 Å². The van der Waals surface area contributed by atoms with Crippen LogP contribution >= 0.6 is 0 Å². The van der Waals surface area contributed by atoms with Gasteiger partial charge in [-0.15, -0.1) is 0 Å². The maximum atomic E-state index is 12.2. The Hall–Kier alpha value is -3.40. The molecule has 134 valence electrons. The van der Waals surface area contributed by atoms with E-state index in [1.165, 1.54) is 21.6 Å². The molecule has 2 heterocycles. The molecule has 0 saturated carbocycles. The summed E-state index contributed by atoms with van der Waals surface area (Å²) in [6.07, 6.45) is 1.74. The summed E-state index contributed by atoms with van der Waals surface area (Å²) in [7, 11) is 0. The number of pyridine rings is 1. The first-order valence-corrected chi connectivity index (χ1v) is 8.87. The summed E-state index contributed by atoms with van der Waals surface area (Å²) in [5, 5.41) is 0. The van der Waals surface area contributed by atoms with Gasteiger partial charge in [0, 0.05) is 12.3 Å². The van der Waals surface area contributed by atoms with Crippen LogP contribution in [0.3, 0.4) is 0 Å². The first kappa shape index (κ1) is 17.0. The molecule has 4 nitrogen and oxygen atoms in total. The predicted octanol–water partition coefficient (Wildman–Crippen LogP) is 4.56. The van der Waals surface area contributed by atoms with Crippen LogP contribution in [0.1, 0.15) is 16.8 Å². The summed E-state index contributed by atoms with van der Waals surface area (Å²) < 4.78 is 7.36. The molecule has 0 amide bonds. The minimum Gasteiger partial charge on any atom is -0.487 e. The van der Waals surface area contributed by atoms with Crippen molar-refractivity contribution in [2.45, 2.75) is 20.5 Å². The van der Waals surface area contributed by atoms with Crippen LogP contribution in [0, 0.1) is 13.8 Å². The third-order valence-corrected chi connectivity index (χ3v) is 4.50. The molecule has 27 heavy (non-hydrogen) atoms. The number of aryl methyl sites for hydroxylation is 2. The molecular weight excluding hydrogens is 336 g/mol. The second kappa shape index (κ2) is 7.08. The van der Waals surface area contributed by atoms with Crippen LogP contribution in [0.4, 0.5) is 0 Å². The number of fused-ring (bicyclic) bond motifs is 1. The maximum absolute atomic E-state index is 12.2. The Morgan fingerprint density at radius 2 is 1.52 bits per heavy atom. The minimum atomic E-state index is -0.103. The van der Waals surface area contributed by atoms with Crippen molar-refractivity contribution in [3.63, 3.8) is 0 Å². The van der Waals surface area contributed by atoms with Gasteiger partial charge < -0.3 is 4.74 Å². The number of nitrogens with zero attached hydrogens (tertiary/aromatic N) is 2. The summed E-state index contributed by atoms with van der Waals surface area (Å²) in [4.78, 5) is 16.7. The van der Waals surface area contributed by atoms with Crippen molar-refractivity contribution >= 4 is 5.65 Å². The zero-order valence-corrected chi connectivity index (χ0v) is 15.3. The largest absolute Gasteiger partial charge is 0.487 e. The van der Waals surface area contributed by atoms with E-state index in [2.05, 4.69) is 36.2 Å². The quantitative estimate of drug-likeness (QED) is 0.538. The Kier molecular flexibility index (Phi) is 4.47. The molecule has 0 bridgehead atoms. The van der Waals surface area contributed by atoms with Crippen molar-refractivity contribution < 1.29 is 4.74 Å². The highest BCUT2D eigenvalue weighted by Crippen LogP contribution is 2.23. The summed E-state index contributed by atoms with van der Waals surface area (Å²) in [6.45, 7) is 4.31. The van der Waals surface area contributed by atoms with Crippen LogP contribution in [0.15, 0.2) is 77.7 Å². The molecule has 0 radical (unpaired) electrons. The van der Waals surface area contributed by atoms with Crippen LogP contribution in [0.5, 0.6) is 5.75 Å². The predicted molar refractivity (Wildman–Crippen MR) is 107 cm³/mol. The molecule has 0 aliphatic heterocycles. The number of ether oxygens (including phenoxy) is 1. The standard InChI is InChI=1S/C23H20N2O2/c1-16-3-5-18(6-4-16)19-7-9-21(10-8-19)27-15-20-14-23(26)25-12-11-17(2)13-22(25)24-20/h3-14H,15H2,1-2H3. The normalized spacial score (nSPS) is 10.9. The summed E-state index contributed by atoms with van der Waals surface area (Å²) in [5.41, 5.74) is 5.77. The van der Waals surface area contributed by atoms with Gasteiger partial charge in [0.25, 0.3) is 5.56 Å².